The summed E-state index contributed by atoms with van der Waals surface area (Å²) in [7, 11) is 0. The van der Waals surface area contributed by atoms with Crippen molar-refractivity contribution in [2.45, 2.75) is 51.2 Å². The number of carbonyl (C=O) groups is 1. The molecule has 1 fully saturated rings. The minimum atomic E-state index is -0.104. The molecule has 2 rings (SSSR count). The van der Waals surface area contributed by atoms with Crippen LogP contribution in [-0.4, -0.2) is 24.2 Å². The van der Waals surface area contributed by atoms with Crippen molar-refractivity contribution in [3.8, 4) is 0 Å². The van der Waals surface area contributed by atoms with Crippen LogP contribution in [0.1, 0.15) is 49.9 Å². The minimum absolute atomic E-state index is 0.0958. The van der Waals surface area contributed by atoms with Crippen LogP contribution in [0.5, 0.6) is 0 Å². The first-order chi connectivity index (χ1) is 9.99. The summed E-state index contributed by atoms with van der Waals surface area (Å²) in [6.45, 7) is 4.98. The fourth-order valence-corrected chi connectivity index (χ4v) is 3.28. The minimum Gasteiger partial charge on any atom is -0.398 e. The van der Waals surface area contributed by atoms with Crippen LogP contribution in [0.15, 0.2) is 22.7 Å². The molecular weight excluding hydrogens is 332 g/mol. The average Bonchev–Trinajstić information content (AvgIpc) is 2.47. The highest BCUT2D eigenvalue weighted by molar-refractivity contribution is 9.10. The second-order valence-corrected chi connectivity index (χ2v) is 6.55. The zero-order chi connectivity index (χ0) is 15.5. The summed E-state index contributed by atoms with van der Waals surface area (Å²) in [5.74, 6) is -0.104. The molecular formula is C16H23BrN2O2. The van der Waals surface area contributed by atoms with Crippen LogP contribution in [0.25, 0.3) is 0 Å². The molecule has 1 unspecified atom stereocenters. The molecule has 1 saturated heterocycles. The quantitative estimate of drug-likeness (QED) is 0.813. The molecule has 0 aromatic heterocycles. The van der Waals surface area contributed by atoms with Crippen molar-refractivity contribution in [2.24, 2.45) is 0 Å². The van der Waals surface area contributed by atoms with E-state index < -0.39 is 0 Å². The number of amides is 1. The van der Waals surface area contributed by atoms with Gasteiger partial charge in [-0.3, -0.25) is 4.79 Å². The lowest BCUT2D eigenvalue weighted by Crippen LogP contribution is -2.48. The molecule has 1 amide bonds. The average molecular weight is 355 g/mol. The molecule has 0 radical (unpaired) electrons. The van der Waals surface area contributed by atoms with E-state index in [2.05, 4.69) is 35.1 Å². The molecule has 0 saturated carbocycles. The summed E-state index contributed by atoms with van der Waals surface area (Å²) in [5, 5.41) is 3.10. The molecule has 1 aromatic carbocycles. The van der Waals surface area contributed by atoms with Crippen LogP contribution in [0, 0.1) is 0 Å². The van der Waals surface area contributed by atoms with Gasteiger partial charge in [-0.15, -0.1) is 0 Å². The molecule has 116 valence electrons. The highest BCUT2D eigenvalue weighted by Gasteiger charge is 2.35. The van der Waals surface area contributed by atoms with Crippen molar-refractivity contribution in [1.29, 1.82) is 0 Å². The van der Waals surface area contributed by atoms with Crippen molar-refractivity contribution < 1.29 is 9.53 Å². The first kappa shape index (κ1) is 16.3. The molecule has 1 aromatic rings. The molecule has 1 heterocycles. The van der Waals surface area contributed by atoms with Crippen LogP contribution in [0.2, 0.25) is 0 Å². The Hall–Kier alpha value is -1.07. The van der Waals surface area contributed by atoms with Crippen LogP contribution < -0.4 is 11.1 Å². The Morgan fingerprint density at radius 2 is 2.19 bits per heavy atom. The SMILES string of the molecule is CCC1(CC)CC(NC(=O)c2ccc(Br)cc2N)CCO1. The van der Waals surface area contributed by atoms with Gasteiger partial charge in [-0.2, -0.15) is 0 Å². The van der Waals surface area contributed by atoms with Crippen LogP contribution in [0.3, 0.4) is 0 Å². The van der Waals surface area contributed by atoms with Gasteiger partial charge < -0.3 is 15.8 Å². The van der Waals surface area contributed by atoms with E-state index in [0.717, 1.165) is 30.2 Å². The third kappa shape index (κ3) is 3.77. The van der Waals surface area contributed by atoms with Gasteiger partial charge in [0.1, 0.15) is 0 Å². The maximum atomic E-state index is 12.4. The molecule has 0 bridgehead atoms. The Balaban J connectivity index is 2.05. The van der Waals surface area contributed by atoms with Crippen LogP contribution >= 0.6 is 15.9 Å². The number of hydrogen-bond acceptors (Lipinski definition) is 3. The van der Waals surface area contributed by atoms with E-state index in [1.54, 1.807) is 12.1 Å². The molecule has 0 aliphatic carbocycles. The van der Waals surface area contributed by atoms with Gasteiger partial charge in [0, 0.05) is 22.8 Å². The Bertz CT molecular complexity index is 515. The lowest BCUT2D eigenvalue weighted by molar-refractivity contribution is -0.0917. The number of benzene rings is 1. The van der Waals surface area contributed by atoms with Crippen molar-refractivity contribution in [2.75, 3.05) is 12.3 Å². The van der Waals surface area contributed by atoms with Crippen molar-refractivity contribution in [3.63, 3.8) is 0 Å². The fraction of sp³-hybridized carbons (Fsp3) is 0.562. The number of anilines is 1. The number of carbonyl (C=O) groups excluding carboxylic acids is 1. The normalized spacial score (nSPS) is 21.0. The number of ether oxygens (including phenoxy) is 1. The topological polar surface area (TPSA) is 64.4 Å². The predicted octanol–water partition coefficient (Wildman–Crippen LogP) is 3.50. The Morgan fingerprint density at radius 1 is 1.48 bits per heavy atom. The number of hydrogen-bond donors (Lipinski definition) is 2. The standard InChI is InChI=1S/C16H23BrN2O2/c1-3-16(4-2)10-12(7-8-21-16)19-15(20)13-6-5-11(17)9-14(13)18/h5-6,9,12H,3-4,7-8,10,18H2,1-2H3,(H,19,20). The van der Waals surface area contributed by atoms with Gasteiger partial charge in [-0.1, -0.05) is 29.8 Å². The Labute approximate surface area is 134 Å². The Kier molecular flexibility index (Phi) is 5.27. The molecule has 1 atom stereocenters. The van der Waals surface area contributed by atoms with E-state index in [9.17, 15) is 4.79 Å². The molecule has 21 heavy (non-hydrogen) atoms. The molecule has 1 aliphatic rings. The number of halogens is 1. The zero-order valence-electron chi connectivity index (χ0n) is 12.6. The van der Waals surface area contributed by atoms with E-state index in [0.29, 0.717) is 17.9 Å². The van der Waals surface area contributed by atoms with Gasteiger partial charge in [-0.05, 0) is 43.9 Å². The summed E-state index contributed by atoms with van der Waals surface area (Å²) >= 11 is 3.35. The number of nitrogens with two attached hydrogens (primary N) is 1. The first-order valence-electron chi connectivity index (χ1n) is 7.49. The molecule has 3 N–H and O–H groups in total. The summed E-state index contributed by atoms with van der Waals surface area (Å²) in [5.41, 5.74) is 6.84. The molecule has 5 heteroatoms. The van der Waals surface area contributed by atoms with Gasteiger partial charge in [0.25, 0.3) is 5.91 Å². The van der Waals surface area contributed by atoms with Crippen molar-refractivity contribution in [1.82, 2.24) is 5.32 Å². The van der Waals surface area contributed by atoms with E-state index in [-0.39, 0.29) is 17.6 Å². The molecule has 4 nitrogen and oxygen atoms in total. The number of rotatable bonds is 4. The fourth-order valence-electron chi connectivity index (χ4n) is 2.90. The maximum Gasteiger partial charge on any atom is 0.253 e. The largest absolute Gasteiger partial charge is 0.398 e. The summed E-state index contributed by atoms with van der Waals surface area (Å²) < 4.78 is 6.81. The van der Waals surface area contributed by atoms with E-state index >= 15 is 0 Å². The van der Waals surface area contributed by atoms with Gasteiger partial charge >= 0.3 is 0 Å². The number of nitrogen functional groups attached to an aromatic ring is 1. The van der Waals surface area contributed by atoms with Gasteiger partial charge in [0.05, 0.1) is 11.2 Å². The number of nitrogens with one attached hydrogen (secondary N) is 1. The summed E-state index contributed by atoms with van der Waals surface area (Å²) in [6, 6.07) is 5.48. The van der Waals surface area contributed by atoms with Crippen LogP contribution in [-0.2, 0) is 4.74 Å². The third-order valence-corrected chi connectivity index (χ3v) is 4.87. The maximum absolute atomic E-state index is 12.4. The van der Waals surface area contributed by atoms with E-state index in [4.69, 9.17) is 10.5 Å². The second kappa shape index (κ2) is 6.79. The van der Waals surface area contributed by atoms with Gasteiger partial charge in [0.15, 0.2) is 0 Å². The van der Waals surface area contributed by atoms with E-state index in [1.807, 2.05) is 6.07 Å². The van der Waals surface area contributed by atoms with E-state index in [1.165, 1.54) is 0 Å². The molecule has 1 aliphatic heterocycles. The summed E-state index contributed by atoms with van der Waals surface area (Å²) in [6.07, 6.45) is 3.65. The van der Waals surface area contributed by atoms with Gasteiger partial charge in [0.2, 0.25) is 0 Å². The Morgan fingerprint density at radius 3 is 2.81 bits per heavy atom. The lowest BCUT2D eigenvalue weighted by atomic mass is 9.86. The van der Waals surface area contributed by atoms with Crippen LogP contribution in [0.4, 0.5) is 5.69 Å². The zero-order valence-corrected chi connectivity index (χ0v) is 14.2. The lowest BCUT2D eigenvalue weighted by Gasteiger charge is -2.40. The third-order valence-electron chi connectivity index (χ3n) is 4.38. The highest BCUT2D eigenvalue weighted by atomic mass is 79.9. The smallest absolute Gasteiger partial charge is 0.253 e. The van der Waals surface area contributed by atoms with Crippen molar-refractivity contribution >= 4 is 27.5 Å². The van der Waals surface area contributed by atoms with Crippen molar-refractivity contribution in [3.05, 3.63) is 28.2 Å². The monoisotopic (exact) mass is 354 g/mol. The molecule has 0 spiro atoms. The second-order valence-electron chi connectivity index (χ2n) is 5.63. The first-order valence-corrected chi connectivity index (χ1v) is 8.29. The highest BCUT2D eigenvalue weighted by Crippen LogP contribution is 2.31. The predicted molar refractivity (Wildman–Crippen MR) is 88.3 cm³/mol. The summed E-state index contributed by atoms with van der Waals surface area (Å²) in [4.78, 5) is 12.4. The van der Waals surface area contributed by atoms with Gasteiger partial charge in [-0.25, -0.2) is 0 Å².